The molecule has 0 aliphatic carbocycles. The molecule has 0 radical (unpaired) electrons. The van der Waals surface area contributed by atoms with Crippen molar-refractivity contribution in [2.24, 2.45) is 5.92 Å². The predicted molar refractivity (Wildman–Crippen MR) is 78.0 cm³/mol. The second-order valence-corrected chi connectivity index (χ2v) is 5.46. The van der Waals surface area contributed by atoms with Crippen LogP contribution in [0.25, 0.3) is 0 Å². The van der Waals surface area contributed by atoms with Crippen LogP contribution in [-0.2, 0) is 6.54 Å². The molecule has 2 heteroatoms. The lowest BCUT2D eigenvalue weighted by molar-refractivity contribution is 0.413. The maximum atomic E-state index is 5.23. The van der Waals surface area contributed by atoms with Crippen molar-refractivity contribution in [2.45, 2.75) is 52.6 Å². The molecule has 1 unspecified atom stereocenters. The Morgan fingerprint density at radius 3 is 2.61 bits per heavy atom. The maximum Gasteiger partial charge on any atom is 0.119 e. The normalized spacial score (nSPS) is 12.7. The van der Waals surface area contributed by atoms with Gasteiger partial charge in [0.05, 0.1) is 7.11 Å². The lowest BCUT2D eigenvalue weighted by Gasteiger charge is -2.14. The van der Waals surface area contributed by atoms with E-state index in [2.05, 4.69) is 38.2 Å². The van der Waals surface area contributed by atoms with Crippen LogP contribution in [0.15, 0.2) is 24.3 Å². The van der Waals surface area contributed by atoms with Crippen molar-refractivity contribution in [3.8, 4) is 5.75 Å². The minimum atomic E-state index is 0.579. The predicted octanol–water partition coefficient (Wildman–Crippen LogP) is 4.00. The van der Waals surface area contributed by atoms with Gasteiger partial charge in [-0.3, -0.25) is 0 Å². The van der Waals surface area contributed by atoms with Gasteiger partial charge in [-0.1, -0.05) is 38.8 Å². The van der Waals surface area contributed by atoms with Gasteiger partial charge < -0.3 is 10.1 Å². The van der Waals surface area contributed by atoms with Gasteiger partial charge in [0, 0.05) is 12.6 Å². The first-order valence-corrected chi connectivity index (χ1v) is 6.98. The summed E-state index contributed by atoms with van der Waals surface area (Å²) >= 11 is 0. The van der Waals surface area contributed by atoms with Crippen molar-refractivity contribution in [3.63, 3.8) is 0 Å². The van der Waals surface area contributed by atoms with Gasteiger partial charge in [0.15, 0.2) is 0 Å². The fourth-order valence-electron chi connectivity index (χ4n) is 2.01. The van der Waals surface area contributed by atoms with Crippen LogP contribution < -0.4 is 10.1 Å². The molecule has 102 valence electrons. The lowest BCUT2D eigenvalue weighted by Crippen LogP contribution is -2.25. The number of benzene rings is 1. The monoisotopic (exact) mass is 249 g/mol. The van der Waals surface area contributed by atoms with Crippen LogP contribution in [-0.4, -0.2) is 13.2 Å². The molecule has 2 nitrogen and oxygen atoms in total. The third-order valence-electron chi connectivity index (χ3n) is 3.21. The topological polar surface area (TPSA) is 21.3 Å². The van der Waals surface area contributed by atoms with E-state index in [-0.39, 0.29) is 0 Å². The Hall–Kier alpha value is -1.02. The van der Waals surface area contributed by atoms with Crippen LogP contribution in [0.2, 0.25) is 0 Å². The average molecular weight is 249 g/mol. The first kappa shape index (κ1) is 15.0. The highest BCUT2D eigenvalue weighted by molar-refractivity contribution is 5.28. The molecule has 1 N–H and O–H groups in total. The molecule has 1 rings (SSSR count). The van der Waals surface area contributed by atoms with E-state index in [1.807, 2.05) is 12.1 Å². The largest absolute Gasteiger partial charge is 0.497 e. The average Bonchev–Trinajstić information content (AvgIpc) is 2.36. The molecule has 0 spiro atoms. The van der Waals surface area contributed by atoms with Gasteiger partial charge in [-0.25, -0.2) is 0 Å². The Morgan fingerprint density at radius 2 is 1.94 bits per heavy atom. The summed E-state index contributed by atoms with van der Waals surface area (Å²) in [4.78, 5) is 0. The Labute approximate surface area is 112 Å². The van der Waals surface area contributed by atoms with E-state index in [0.717, 1.165) is 18.2 Å². The molecule has 0 bridgehead atoms. The zero-order chi connectivity index (χ0) is 13.4. The number of methoxy groups -OCH3 is 1. The van der Waals surface area contributed by atoms with Crippen molar-refractivity contribution in [2.75, 3.05) is 7.11 Å². The van der Waals surface area contributed by atoms with Crippen LogP contribution in [0.4, 0.5) is 0 Å². The van der Waals surface area contributed by atoms with E-state index in [1.165, 1.54) is 24.8 Å². The summed E-state index contributed by atoms with van der Waals surface area (Å²) < 4.78 is 5.23. The summed E-state index contributed by atoms with van der Waals surface area (Å²) in [5.74, 6) is 1.75. The van der Waals surface area contributed by atoms with Crippen molar-refractivity contribution < 1.29 is 4.74 Å². The number of hydrogen-bond acceptors (Lipinski definition) is 2. The van der Waals surface area contributed by atoms with Crippen molar-refractivity contribution >= 4 is 0 Å². The summed E-state index contributed by atoms with van der Waals surface area (Å²) in [6, 6.07) is 8.83. The molecule has 1 aromatic carbocycles. The smallest absolute Gasteiger partial charge is 0.119 e. The van der Waals surface area contributed by atoms with Gasteiger partial charge in [-0.15, -0.1) is 0 Å². The summed E-state index contributed by atoms with van der Waals surface area (Å²) in [6.07, 6.45) is 3.89. The minimum absolute atomic E-state index is 0.579. The Morgan fingerprint density at radius 1 is 1.17 bits per heavy atom. The molecule has 0 amide bonds. The zero-order valence-electron chi connectivity index (χ0n) is 12.2. The van der Waals surface area contributed by atoms with Gasteiger partial charge in [-0.05, 0) is 37.0 Å². The minimum Gasteiger partial charge on any atom is -0.497 e. The first-order chi connectivity index (χ1) is 8.61. The number of rotatable bonds is 8. The molecule has 0 fully saturated rings. The van der Waals surface area contributed by atoms with Gasteiger partial charge in [0.2, 0.25) is 0 Å². The lowest BCUT2D eigenvalue weighted by atomic mass is 10.0. The van der Waals surface area contributed by atoms with E-state index < -0.39 is 0 Å². The SMILES string of the molecule is COc1cccc(CNC(C)CCCC(C)C)c1. The number of hydrogen-bond donors (Lipinski definition) is 1. The fourth-order valence-corrected chi connectivity index (χ4v) is 2.01. The summed E-state index contributed by atoms with van der Waals surface area (Å²) in [6.45, 7) is 7.75. The second kappa shape index (κ2) is 8.15. The van der Waals surface area contributed by atoms with Crippen molar-refractivity contribution in [3.05, 3.63) is 29.8 Å². The maximum absolute atomic E-state index is 5.23. The molecule has 0 aliphatic rings. The molecule has 1 aromatic rings. The zero-order valence-corrected chi connectivity index (χ0v) is 12.2. The molecular weight excluding hydrogens is 222 g/mol. The molecular formula is C16H27NO. The Kier molecular flexibility index (Phi) is 6.81. The van der Waals surface area contributed by atoms with Crippen molar-refractivity contribution in [1.82, 2.24) is 5.32 Å². The van der Waals surface area contributed by atoms with Crippen LogP contribution in [0.1, 0.15) is 45.6 Å². The molecule has 0 saturated carbocycles. The summed E-state index contributed by atoms with van der Waals surface area (Å²) in [5.41, 5.74) is 1.28. The molecule has 18 heavy (non-hydrogen) atoms. The number of nitrogens with one attached hydrogen (secondary N) is 1. The van der Waals surface area contributed by atoms with E-state index >= 15 is 0 Å². The second-order valence-electron chi connectivity index (χ2n) is 5.46. The van der Waals surface area contributed by atoms with Gasteiger partial charge in [0.1, 0.15) is 5.75 Å². The summed E-state index contributed by atoms with van der Waals surface area (Å²) in [7, 11) is 1.71. The molecule has 0 aliphatic heterocycles. The standard InChI is InChI=1S/C16H27NO/c1-13(2)7-5-8-14(3)17-12-15-9-6-10-16(11-15)18-4/h6,9-11,13-14,17H,5,7-8,12H2,1-4H3. The molecule has 0 saturated heterocycles. The quantitative estimate of drug-likeness (QED) is 0.752. The number of ether oxygens (including phenoxy) is 1. The molecule has 0 heterocycles. The van der Waals surface area contributed by atoms with E-state index in [9.17, 15) is 0 Å². The highest BCUT2D eigenvalue weighted by Gasteiger charge is 2.03. The molecule has 0 aromatic heterocycles. The van der Waals surface area contributed by atoms with Gasteiger partial charge in [-0.2, -0.15) is 0 Å². The summed E-state index contributed by atoms with van der Waals surface area (Å²) in [5, 5.41) is 3.57. The van der Waals surface area contributed by atoms with E-state index in [0.29, 0.717) is 6.04 Å². The highest BCUT2D eigenvalue weighted by atomic mass is 16.5. The van der Waals surface area contributed by atoms with Gasteiger partial charge >= 0.3 is 0 Å². The third-order valence-corrected chi connectivity index (χ3v) is 3.21. The fraction of sp³-hybridized carbons (Fsp3) is 0.625. The van der Waals surface area contributed by atoms with Crippen LogP contribution in [0, 0.1) is 5.92 Å². The van der Waals surface area contributed by atoms with E-state index in [1.54, 1.807) is 7.11 Å². The third kappa shape index (κ3) is 6.06. The first-order valence-electron chi connectivity index (χ1n) is 6.98. The Balaban J connectivity index is 2.26. The van der Waals surface area contributed by atoms with Crippen LogP contribution in [0.5, 0.6) is 5.75 Å². The van der Waals surface area contributed by atoms with Crippen molar-refractivity contribution in [1.29, 1.82) is 0 Å². The highest BCUT2D eigenvalue weighted by Crippen LogP contribution is 2.13. The van der Waals surface area contributed by atoms with Crippen LogP contribution in [0.3, 0.4) is 0 Å². The Bertz CT molecular complexity index is 336. The van der Waals surface area contributed by atoms with Gasteiger partial charge in [0.25, 0.3) is 0 Å². The van der Waals surface area contributed by atoms with Crippen LogP contribution >= 0.6 is 0 Å². The van der Waals surface area contributed by atoms with E-state index in [4.69, 9.17) is 4.74 Å². The molecule has 1 atom stereocenters.